The highest BCUT2D eigenvalue weighted by Crippen LogP contribution is 2.51. The van der Waals surface area contributed by atoms with Crippen LogP contribution in [0.15, 0.2) is 47.4 Å². The first kappa shape index (κ1) is 16.6. The van der Waals surface area contributed by atoms with Crippen LogP contribution in [0, 0.1) is 23.0 Å². The van der Waals surface area contributed by atoms with Crippen LogP contribution in [0.5, 0.6) is 0 Å². The molecule has 0 amide bonds. The first-order valence-corrected chi connectivity index (χ1v) is 8.74. The summed E-state index contributed by atoms with van der Waals surface area (Å²) in [5.74, 6) is -1.48. The quantitative estimate of drug-likeness (QED) is 0.924. The summed E-state index contributed by atoms with van der Waals surface area (Å²) in [5.41, 5.74) is 5.89. The third-order valence-electron chi connectivity index (χ3n) is 4.41. The third kappa shape index (κ3) is 2.39. The van der Waals surface area contributed by atoms with E-state index in [4.69, 9.17) is 11.0 Å². The van der Waals surface area contributed by atoms with E-state index < -0.39 is 32.3 Å². The minimum atomic E-state index is -4.01. The summed E-state index contributed by atoms with van der Waals surface area (Å²) in [4.78, 5) is -0.0444. The van der Waals surface area contributed by atoms with Gasteiger partial charge in [0.05, 0.1) is 16.5 Å². The van der Waals surface area contributed by atoms with E-state index in [0.29, 0.717) is 5.56 Å². The molecule has 1 fully saturated rings. The normalized spacial score (nSPS) is 23.3. The van der Waals surface area contributed by atoms with Crippen LogP contribution in [0.25, 0.3) is 0 Å². The molecule has 3 rings (SSSR count). The highest BCUT2D eigenvalue weighted by atomic mass is 32.2. The molecule has 0 saturated heterocycles. The standard InChI is InChI=1S/C17H14F2N2O2S/c18-12-3-6-16(19)15(7-12)17(8-13(21)9-17)24(22,23)14-4-1-11(10-20)2-5-14/h1-7,13H,8-9,21H2/t13-,17+. The second-order valence-electron chi connectivity index (χ2n) is 5.93. The average Bonchev–Trinajstić information content (AvgIpc) is 2.54. The van der Waals surface area contributed by atoms with Crippen molar-refractivity contribution < 1.29 is 17.2 Å². The molecule has 0 heterocycles. The molecule has 0 aliphatic heterocycles. The number of benzene rings is 2. The molecule has 1 saturated carbocycles. The van der Waals surface area contributed by atoms with Gasteiger partial charge in [-0.05, 0) is 55.3 Å². The van der Waals surface area contributed by atoms with Crippen molar-refractivity contribution in [2.24, 2.45) is 5.73 Å². The fourth-order valence-corrected chi connectivity index (χ4v) is 5.41. The summed E-state index contributed by atoms with van der Waals surface area (Å²) in [6.45, 7) is 0. The van der Waals surface area contributed by atoms with Crippen LogP contribution in [0.4, 0.5) is 8.78 Å². The number of hydrogen-bond donors (Lipinski definition) is 1. The van der Waals surface area contributed by atoms with Gasteiger partial charge in [-0.2, -0.15) is 5.26 Å². The number of hydrogen-bond acceptors (Lipinski definition) is 4. The molecule has 2 N–H and O–H groups in total. The van der Waals surface area contributed by atoms with Crippen LogP contribution in [-0.4, -0.2) is 14.5 Å². The lowest BCUT2D eigenvalue weighted by Gasteiger charge is -2.45. The van der Waals surface area contributed by atoms with Gasteiger partial charge in [-0.15, -0.1) is 0 Å². The lowest BCUT2D eigenvalue weighted by atomic mass is 9.75. The lowest BCUT2D eigenvalue weighted by molar-refractivity contribution is 0.283. The third-order valence-corrected chi connectivity index (χ3v) is 6.89. The monoisotopic (exact) mass is 348 g/mol. The summed E-state index contributed by atoms with van der Waals surface area (Å²) in [6, 6.07) is 9.64. The Morgan fingerprint density at radius 3 is 2.29 bits per heavy atom. The van der Waals surface area contributed by atoms with Crippen molar-refractivity contribution >= 4 is 9.84 Å². The number of halogens is 2. The molecular formula is C17H14F2N2O2S. The highest BCUT2D eigenvalue weighted by Gasteiger charge is 2.56. The van der Waals surface area contributed by atoms with Gasteiger partial charge >= 0.3 is 0 Å². The van der Waals surface area contributed by atoms with E-state index in [2.05, 4.69) is 0 Å². The smallest absolute Gasteiger partial charge is 0.188 e. The fraction of sp³-hybridized carbons (Fsp3) is 0.235. The van der Waals surface area contributed by atoms with E-state index in [0.717, 1.165) is 18.2 Å². The predicted molar refractivity (Wildman–Crippen MR) is 83.6 cm³/mol. The summed E-state index contributed by atoms with van der Waals surface area (Å²) >= 11 is 0. The zero-order valence-corrected chi connectivity index (χ0v) is 13.4. The van der Waals surface area contributed by atoms with E-state index >= 15 is 0 Å². The molecule has 1 aliphatic rings. The first-order chi connectivity index (χ1) is 11.3. The Balaban J connectivity index is 2.17. The molecule has 0 radical (unpaired) electrons. The molecule has 0 unspecified atom stereocenters. The lowest BCUT2D eigenvalue weighted by Crippen LogP contribution is -2.54. The summed E-state index contributed by atoms with van der Waals surface area (Å²) in [7, 11) is -4.01. The molecule has 0 atom stereocenters. The van der Waals surface area contributed by atoms with Gasteiger partial charge in [0.1, 0.15) is 16.4 Å². The molecule has 0 bridgehead atoms. The van der Waals surface area contributed by atoms with Gasteiger partial charge in [-0.25, -0.2) is 17.2 Å². The summed E-state index contributed by atoms with van der Waals surface area (Å²) in [6.07, 6.45) is 0.0193. The van der Waals surface area contributed by atoms with Gasteiger partial charge in [-0.1, -0.05) is 0 Å². The van der Waals surface area contributed by atoms with Crippen molar-refractivity contribution in [1.82, 2.24) is 0 Å². The minimum absolute atomic E-state index is 0.00963. The van der Waals surface area contributed by atoms with Crippen molar-refractivity contribution in [3.63, 3.8) is 0 Å². The maximum absolute atomic E-state index is 14.3. The summed E-state index contributed by atoms with van der Waals surface area (Å²) < 4.78 is 52.5. The Morgan fingerprint density at radius 2 is 1.75 bits per heavy atom. The second kappa shape index (κ2) is 5.65. The SMILES string of the molecule is N#Cc1ccc(S(=O)(=O)[C@]2(c3cc(F)ccc3F)C[C@H](N)C2)cc1. The molecule has 2 aromatic carbocycles. The molecule has 1 aliphatic carbocycles. The Bertz CT molecular complexity index is 928. The predicted octanol–water partition coefficient (Wildman–Crippen LogP) is 2.63. The van der Waals surface area contributed by atoms with Crippen molar-refractivity contribution in [2.75, 3.05) is 0 Å². The van der Waals surface area contributed by atoms with Gasteiger partial charge in [0.2, 0.25) is 0 Å². The topological polar surface area (TPSA) is 84.0 Å². The molecule has 4 nitrogen and oxygen atoms in total. The molecule has 0 spiro atoms. The molecule has 124 valence electrons. The van der Waals surface area contributed by atoms with Crippen molar-refractivity contribution in [3.05, 3.63) is 65.2 Å². The Morgan fingerprint density at radius 1 is 1.12 bits per heavy atom. The van der Waals surface area contributed by atoms with Gasteiger partial charge in [-0.3, -0.25) is 0 Å². The van der Waals surface area contributed by atoms with Crippen molar-refractivity contribution in [1.29, 1.82) is 5.26 Å². The number of sulfone groups is 1. The number of rotatable bonds is 3. The van der Waals surface area contributed by atoms with Crippen LogP contribution in [-0.2, 0) is 14.6 Å². The van der Waals surface area contributed by atoms with E-state index in [1.165, 1.54) is 24.3 Å². The number of nitrogens with two attached hydrogens (primary N) is 1. The number of nitriles is 1. The van der Waals surface area contributed by atoms with E-state index in [1.54, 1.807) is 0 Å². The summed E-state index contributed by atoms with van der Waals surface area (Å²) in [5, 5.41) is 8.82. The number of nitrogens with zero attached hydrogens (tertiary/aromatic N) is 1. The molecule has 0 aromatic heterocycles. The van der Waals surface area contributed by atoms with Crippen LogP contribution < -0.4 is 5.73 Å². The minimum Gasteiger partial charge on any atom is -0.328 e. The zero-order chi connectivity index (χ0) is 17.5. The Hall–Kier alpha value is -2.30. The Labute approximate surface area is 138 Å². The van der Waals surface area contributed by atoms with Gasteiger partial charge in [0.25, 0.3) is 0 Å². The van der Waals surface area contributed by atoms with Crippen LogP contribution in [0.1, 0.15) is 24.0 Å². The van der Waals surface area contributed by atoms with Gasteiger partial charge < -0.3 is 5.73 Å². The molecule has 7 heteroatoms. The molecule has 24 heavy (non-hydrogen) atoms. The maximum Gasteiger partial charge on any atom is 0.188 e. The van der Waals surface area contributed by atoms with Crippen molar-refractivity contribution in [3.8, 4) is 6.07 Å². The average molecular weight is 348 g/mol. The van der Waals surface area contributed by atoms with Gasteiger partial charge in [0, 0.05) is 11.6 Å². The first-order valence-electron chi connectivity index (χ1n) is 7.26. The van der Waals surface area contributed by atoms with E-state index in [9.17, 15) is 17.2 Å². The van der Waals surface area contributed by atoms with Crippen LogP contribution in [0.2, 0.25) is 0 Å². The maximum atomic E-state index is 14.3. The van der Waals surface area contributed by atoms with E-state index in [-0.39, 0.29) is 23.3 Å². The Kier molecular flexibility index (Phi) is 3.90. The zero-order valence-electron chi connectivity index (χ0n) is 12.5. The van der Waals surface area contributed by atoms with Crippen LogP contribution >= 0.6 is 0 Å². The van der Waals surface area contributed by atoms with E-state index in [1.807, 2.05) is 6.07 Å². The highest BCUT2D eigenvalue weighted by molar-refractivity contribution is 7.92. The fourth-order valence-electron chi connectivity index (χ4n) is 3.15. The second-order valence-corrected chi connectivity index (χ2v) is 8.19. The van der Waals surface area contributed by atoms with Crippen LogP contribution in [0.3, 0.4) is 0 Å². The molecule has 2 aromatic rings. The van der Waals surface area contributed by atoms with Crippen molar-refractivity contribution in [2.45, 2.75) is 28.5 Å². The molecular weight excluding hydrogens is 334 g/mol. The largest absolute Gasteiger partial charge is 0.328 e. The van der Waals surface area contributed by atoms with Gasteiger partial charge in [0.15, 0.2) is 9.84 Å².